The monoisotopic (exact) mass is 266 g/mol. The minimum absolute atomic E-state index is 0.121. The number of hydrogen-bond acceptors (Lipinski definition) is 4. The number of carbonyl (C=O) groups is 1. The van der Waals surface area contributed by atoms with Gasteiger partial charge in [-0.3, -0.25) is 4.79 Å². The van der Waals surface area contributed by atoms with Gasteiger partial charge in [0.05, 0.1) is 19.9 Å². The van der Waals surface area contributed by atoms with E-state index in [0.717, 1.165) is 5.56 Å². The number of primary amides is 1. The highest BCUT2D eigenvalue weighted by atomic mass is 35.5. The predicted octanol–water partition coefficient (Wildman–Crippen LogP) is 1.09. The van der Waals surface area contributed by atoms with E-state index in [1.807, 2.05) is 0 Å². The van der Waals surface area contributed by atoms with Crippen molar-refractivity contribution in [1.29, 1.82) is 0 Å². The normalized spacial score (nSPS) is 10.3. The van der Waals surface area contributed by atoms with Crippen LogP contribution in [0.15, 0.2) is 24.4 Å². The molecular formula is C11H11ClN4O2. The number of nitrogens with zero attached hydrogens (tertiary/aromatic N) is 3. The Labute approximate surface area is 108 Å². The van der Waals surface area contributed by atoms with Gasteiger partial charge in [-0.05, 0) is 18.2 Å². The first-order chi connectivity index (χ1) is 8.60. The zero-order valence-electron chi connectivity index (χ0n) is 9.63. The van der Waals surface area contributed by atoms with Crippen molar-refractivity contribution in [1.82, 2.24) is 15.0 Å². The first-order valence-corrected chi connectivity index (χ1v) is 5.50. The predicted molar refractivity (Wildman–Crippen MR) is 65.6 cm³/mol. The minimum Gasteiger partial charge on any atom is -0.496 e. The molecule has 1 aromatic carbocycles. The summed E-state index contributed by atoms with van der Waals surface area (Å²) in [5.41, 5.74) is 6.06. The van der Waals surface area contributed by atoms with Crippen molar-refractivity contribution < 1.29 is 9.53 Å². The molecule has 0 atom stereocenters. The van der Waals surface area contributed by atoms with E-state index in [0.29, 0.717) is 17.3 Å². The Kier molecular flexibility index (Phi) is 3.47. The molecule has 0 radical (unpaired) electrons. The molecule has 0 aliphatic rings. The second kappa shape index (κ2) is 5.05. The second-order valence-corrected chi connectivity index (χ2v) is 4.06. The maximum atomic E-state index is 10.9. The third kappa shape index (κ3) is 2.60. The molecule has 0 unspecified atom stereocenters. The van der Waals surface area contributed by atoms with E-state index in [1.54, 1.807) is 25.3 Å². The van der Waals surface area contributed by atoms with Crippen LogP contribution in [0.5, 0.6) is 5.75 Å². The zero-order chi connectivity index (χ0) is 13.1. The van der Waals surface area contributed by atoms with Gasteiger partial charge in [0.2, 0.25) is 0 Å². The van der Waals surface area contributed by atoms with Crippen LogP contribution in [0.4, 0.5) is 0 Å². The summed E-state index contributed by atoms with van der Waals surface area (Å²) in [6.07, 6.45) is 1.47. The highest BCUT2D eigenvalue weighted by Gasteiger charge is 2.09. The van der Waals surface area contributed by atoms with Crippen LogP contribution in [-0.2, 0) is 6.54 Å². The van der Waals surface area contributed by atoms with Gasteiger partial charge in [0, 0.05) is 10.6 Å². The van der Waals surface area contributed by atoms with Gasteiger partial charge in [-0.25, -0.2) is 4.68 Å². The summed E-state index contributed by atoms with van der Waals surface area (Å²) in [5, 5.41) is 8.06. The highest BCUT2D eigenvalue weighted by molar-refractivity contribution is 6.30. The Morgan fingerprint density at radius 1 is 1.56 bits per heavy atom. The summed E-state index contributed by atoms with van der Waals surface area (Å²) in [5.74, 6) is 0.0786. The number of amides is 1. The van der Waals surface area contributed by atoms with E-state index in [4.69, 9.17) is 22.1 Å². The Bertz CT molecular complexity index is 582. The van der Waals surface area contributed by atoms with Gasteiger partial charge < -0.3 is 10.5 Å². The van der Waals surface area contributed by atoms with Gasteiger partial charge in [0.15, 0.2) is 5.69 Å². The van der Waals surface area contributed by atoms with E-state index in [-0.39, 0.29) is 5.69 Å². The van der Waals surface area contributed by atoms with Crippen LogP contribution >= 0.6 is 11.6 Å². The highest BCUT2D eigenvalue weighted by Crippen LogP contribution is 2.23. The summed E-state index contributed by atoms with van der Waals surface area (Å²) in [7, 11) is 1.57. The van der Waals surface area contributed by atoms with Crippen LogP contribution in [0, 0.1) is 0 Å². The molecule has 94 valence electrons. The lowest BCUT2D eigenvalue weighted by atomic mass is 10.2. The number of aromatic nitrogens is 3. The maximum absolute atomic E-state index is 10.9. The summed E-state index contributed by atoms with van der Waals surface area (Å²) >= 11 is 5.92. The number of carbonyl (C=O) groups excluding carboxylic acids is 1. The molecule has 2 aromatic rings. The molecule has 0 fully saturated rings. The Morgan fingerprint density at radius 2 is 2.33 bits per heavy atom. The number of ether oxygens (including phenoxy) is 1. The van der Waals surface area contributed by atoms with Crippen molar-refractivity contribution in [3.05, 3.63) is 40.7 Å². The molecule has 2 N–H and O–H groups in total. The van der Waals surface area contributed by atoms with Crippen molar-refractivity contribution in [2.45, 2.75) is 6.54 Å². The average Bonchev–Trinajstić information content (AvgIpc) is 2.78. The van der Waals surface area contributed by atoms with Crippen LogP contribution in [0.3, 0.4) is 0 Å². The second-order valence-electron chi connectivity index (χ2n) is 3.62. The van der Waals surface area contributed by atoms with Crippen molar-refractivity contribution in [2.24, 2.45) is 5.73 Å². The Balaban J connectivity index is 2.27. The fourth-order valence-electron chi connectivity index (χ4n) is 1.53. The maximum Gasteiger partial charge on any atom is 0.270 e. The molecule has 0 saturated carbocycles. The number of halogens is 1. The lowest BCUT2D eigenvalue weighted by Crippen LogP contribution is -2.11. The number of rotatable bonds is 4. The smallest absolute Gasteiger partial charge is 0.270 e. The molecule has 0 bridgehead atoms. The van der Waals surface area contributed by atoms with E-state index >= 15 is 0 Å². The van der Waals surface area contributed by atoms with Gasteiger partial charge in [-0.15, -0.1) is 5.10 Å². The van der Waals surface area contributed by atoms with E-state index in [9.17, 15) is 4.79 Å². The van der Waals surface area contributed by atoms with E-state index in [2.05, 4.69) is 10.3 Å². The molecule has 0 saturated heterocycles. The van der Waals surface area contributed by atoms with Gasteiger partial charge in [-0.1, -0.05) is 16.8 Å². The molecule has 18 heavy (non-hydrogen) atoms. The molecular weight excluding hydrogens is 256 g/mol. The molecule has 6 nitrogen and oxygen atoms in total. The first-order valence-electron chi connectivity index (χ1n) is 5.12. The summed E-state index contributed by atoms with van der Waals surface area (Å²) in [6, 6.07) is 5.27. The van der Waals surface area contributed by atoms with E-state index in [1.165, 1.54) is 10.9 Å². The minimum atomic E-state index is -0.612. The largest absolute Gasteiger partial charge is 0.496 e. The number of nitrogens with two attached hydrogens (primary N) is 1. The van der Waals surface area contributed by atoms with Gasteiger partial charge in [0.1, 0.15) is 5.75 Å². The summed E-state index contributed by atoms with van der Waals surface area (Å²) < 4.78 is 6.71. The SMILES string of the molecule is COc1ccc(Cl)cc1Cn1cc(C(N)=O)nn1. The van der Waals surface area contributed by atoms with Crippen molar-refractivity contribution >= 4 is 17.5 Å². The topological polar surface area (TPSA) is 83.0 Å². The Hall–Kier alpha value is -2.08. The third-order valence-corrected chi connectivity index (χ3v) is 2.60. The van der Waals surface area contributed by atoms with Crippen LogP contribution < -0.4 is 10.5 Å². The summed E-state index contributed by atoms with van der Waals surface area (Å²) in [4.78, 5) is 10.9. The molecule has 0 aliphatic carbocycles. The van der Waals surface area contributed by atoms with E-state index < -0.39 is 5.91 Å². The number of benzene rings is 1. The zero-order valence-corrected chi connectivity index (χ0v) is 10.4. The number of methoxy groups -OCH3 is 1. The molecule has 1 amide bonds. The van der Waals surface area contributed by atoms with Crippen LogP contribution in [0.2, 0.25) is 5.02 Å². The van der Waals surface area contributed by atoms with Crippen LogP contribution in [0.1, 0.15) is 16.1 Å². The lowest BCUT2D eigenvalue weighted by Gasteiger charge is -2.08. The number of hydrogen-bond donors (Lipinski definition) is 1. The fourth-order valence-corrected chi connectivity index (χ4v) is 1.73. The molecule has 2 rings (SSSR count). The standard InChI is InChI=1S/C11H11ClN4O2/c1-18-10-3-2-8(12)4-7(10)5-16-6-9(11(13)17)14-15-16/h2-4,6H,5H2,1H3,(H2,13,17). The van der Waals surface area contributed by atoms with Crippen LogP contribution in [0.25, 0.3) is 0 Å². The molecule has 1 aromatic heterocycles. The van der Waals surface area contributed by atoms with Crippen LogP contribution in [-0.4, -0.2) is 28.0 Å². The fraction of sp³-hybridized carbons (Fsp3) is 0.182. The molecule has 7 heteroatoms. The average molecular weight is 267 g/mol. The molecule has 1 heterocycles. The van der Waals surface area contributed by atoms with Crippen molar-refractivity contribution in [3.8, 4) is 5.75 Å². The Morgan fingerprint density at radius 3 is 2.94 bits per heavy atom. The van der Waals surface area contributed by atoms with Gasteiger partial charge in [0.25, 0.3) is 5.91 Å². The third-order valence-electron chi connectivity index (χ3n) is 2.37. The molecule has 0 spiro atoms. The quantitative estimate of drug-likeness (QED) is 0.898. The van der Waals surface area contributed by atoms with Gasteiger partial charge in [-0.2, -0.15) is 0 Å². The lowest BCUT2D eigenvalue weighted by molar-refractivity contribution is 0.0995. The first kappa shape index (κ1) is 12.4. The molecule has 0 aliphatic heterocycles. The van der Waals surface area contributed by atoms with Crippen molar-refractivity contribution in [2.75, 3.05) is 7.11 Å². The summed E-state index contributed by atoms with van der Waals surface area (Å²) in [6.45, 7) is 0.393. The van der Waals surface area contributed by atoms with Gasteiger partial charge >= 0.3 is 0 Å². The van der Waals surface area contributed by atoms with Crippen molar-refractivity contribution in [3.63, 3.8) is 0 Å².